The molecule has 2 N–H and O–H groups in total. The monoisotopic (exact) mass is 405 g/mol. The Balaban J connectivity index is 1.41. The van der Waals surface area contributed by atoms with Crippen molar-refractivity contribution in [2.75, 3.05) is 23.3 Å². The standard InChI is InChI=1S/C23H27N5O2/c1-3-28-20-7-5-4-6-19(20)26-21(22(28)29)27-14-12-18(13-15-27)25-23(30)24-17-10-8-16(2)9-11-17/h4-11,18H,3,12-15H2,1-2H3,(H2,24,25,30). The number of aryl methyl sites for hydroxylation is 2. The number of nitrogens with zero attached hydrogens (tertiary/aromatic N) is 3. The zero-order valence-electron chi connectivity index (χ0n) is 17.4. The van der Waals surface area contributed by atoms with Crippen molar-refractivity contribution in [2.24, 2.45) is 0 Å². The summed E-state index contributed by atoms with van der Waals surface area (Å²) in [5.41, 5.74) is 3.55. The molecule has 0 radical (unpaired) electrons. The van der Waals surface area contributed by atoms with Gasteiger partial charge in [0.25, 0.3) is 5.56 Å². The van der Waals surface area contributed by atoms with Gasteiger partial charge in [0.1, 0.15) is 0 Å². The highest BCUT2D eigenvalue weighted by molar-refractivity contribution is 5.89. The summed E-state index contributed by atoms with van der Waals surface area (Å²) in [6.45, 7) is 5.95. The molecule has 30 heavy (non-hydrogen) atoms. The Morgan fingerprint density at radius 1 is 1.10 bits per heavy atom. The normalized spacial score (nSPS) is 14.7. The summed E-state index contributed by atoms with van der Waals surface area (Å²) in [4.78, 5) is 32.0. The highest BCUT2D eigenvalue weighted by Crippen LogP contribution is 2.19. The number of anilines is 2. The van der Waals surface area contributed by atoms with Crippen LogP contribution in [0.1, 0.15) is 25.3 Å². The highest BCUT2D eigenvalue weighted by Gasteiger charge is 2.24. The maximum atomic E-state index is 13.0. The zero-order valence-corrected chi connectivity index (χ0v) is 17.4. The number of rotatable bonds is 4. The van der Waals surface area contributed by atoms with E-state index in [4.69, 9.17) is 0 Å². The van der Waals surface area contributed by atoms with Crippen molar-refractivity contribution < 1.29 is 4.79 Å². The van der Waals surface area contributed by atoms with E-state index < -0.39 is 0 Å². The minimum atomic E-state index is -0.200. The predicted octanol–water partition coefficient (Wildman–Crippen LogP) is 3.52. The lowest BCUT2D eigenvalue weighted by Gasteiger charge is -2.33. The molecular formula is C23H27N5O2. The molecule has 156 valence electrons. The second-order valence-electron chi connectivity index (χ2n) is 7.70. The molecule has 0 bridgehead atoms. The van der Waals surface area contributed by atoms with Gasteiger partial charge in [-0.05, 0) is 51.0 Å². The van der Waals surface area contributed by atoms with Crippen LogP contribution in [0, 0.1) is 6.92 Å². The number of piperidine rings is 1. The molecule has 1 aliphatic heterocycles. The summed E-state index contributed by atoms with van der Waals surface area (Å²) in [5.74, 6) is 0.498. The van der Waals surface area contributed by atoms with Crippen molar-refractivity contribution >= 4 is 28.6 Å². The van der Waals surface area contributed by atoms with Gasteiger partial charge < -0.3 is 20.1 Å². The number of benzene rings is 2. The van der Waals surface area contributed by atoms with Crippen LogP contribution in [0.2, 0.25) is 0 Å². The molecule has 0 spiro atoms. The van der Waals surface area contributed by atoms with E-state index in [2.05, 4.69) is 15.6 Å². The Labute approximate surface area is 175 Å². The number of aromatic nitrogens is 2. The Bertz CT molecular complexity index is 1100. The number of amides is 2. The summed E-state index contributed by atoms with van der Waals surface area (Å²) < 4.78 is 1.77. The molecule has 1 aromatic heterocycles. The van der Waals surface area contributed by atoms with Gasteiger partial charge in [0.05, 0.1) is 11.0 Å². The summed E-state index contributed by atoms with van der Waals surface area (Å²) in [5, 5.41) is 5.91. The van der Waals surface area contributed by atoms with E-state index in [1.807, 2.05) is 67.3 Å². The summed E-state index contributed by atoms with van der Waals surface area (Å²) in [6.07, 6.45) is 1.53. The third-order valence-electron chi connectivity index (χ3n) is 5.59. The van der Waals surface area contributed by atoms with Crippen molar-refractivity contribution in [1.29, 1.82) is 0 Å². The van der Waals surface area contributed by atoms with Gasteiger partial charge in [-0.15, -0.1) is 0 Å². The minimum absolute atomic E-state index is 0.0558. The van der Waals surface area contributed by atoms with Crippen LogP contribution in [0.25, 0.3) is 11.0 Å². The molecule has 0 unspecified atom stereocenters. The van der Waals surface area contributed by atoms with Crippen molar-refractivity contribution in [1.82, 2.24) is 14.9 Å². The molecule has 1 fully saturated rings. The Kier molecular flexibility index (Phi) is 5.70. The fourth-order valence-electron chi connectivity index (χ4n) is 3.92. The number of carbonyl (C=O) groups excluding carboxylic acids is 1. The van der Waals surface area contributed by atoms with Gasteiger partial charge in [0.15, 0.2) is 5.82 Å². The van der Waals surface area contributed by atoms with Gasteiger partial charge >= 0.3 is 6.03 Å². The number of carbonyl (C=O) groups is 1. The first-order chi connectivity index (χ1) is 14.5. The Morgan fingerprint density at radius 3 is 2.50 bits per heavy atom. The number of urea groups is 1. The van der Waals surface area contributed by atoms with E-state index in [0.717, 1.165) is 35.1 Å². The average molecular weight is 406 g/mol. The largest absolute Gasteiger partial charge is 0.352 e. The fourth-order valence-corrected chi connectivity index (χ4v) is 3.92. The average Bonchev–Trinajstić information content (AvgIpc) is 2.75. The maximum absolute atomic E-state index is 13.0. The van der Waals surface area contributed by atoms with Gasteiger partial charge in [-0.3, -0.25) is 4.79 Å². The summed E-state index contributed by atoms with van der Waals surface area (Å²) in [7, 11) is 0. The van der Waals surface area contributed by atoms with Crippen LogP contribution in [-0.2, 0) is 6.54 Å². The molecule has 7 nitrogen and oxygen atoms in total. The number of para-hydroxylation sites is 2. The van der Waals surface area contributed by atoms with Crippen molar-refractivity contribution in [3.8, 4) is 0 Å². The van der Waals surface area contributed by atoms with Gasteiger partial charge in [-0.2, -0.15) is 0 Å². The molecule has 1 aliphatic rings. The van der Waals surface area contributed by atoms with E-state index in [-0.39, 0.29) is 17.6 Å². The quantitative estimate of drug-likeness (QED) is 0.696. The summed E-state index contributed by atoms with van der Waals surface area (Å²) >= 11 is 0. The van der Waals surface area contributed by atoms with E-state index in [1.165, 1.54) is 0 Å². The van der Waals surface area contributed by atoms with Crippen LogP contribution in [0.3, 0.4) is 0 Å². The van der Waals surface area contributed by atoms with Gasteiger partial charge in [-0.1, -0.05) is 29.8 Å². The van der Waals surface area contributed by atoms with Crippen molar-refractivity contribution in [2.45, 2.75) is 39.3 Å². The lowest BCUT2D eigenvalue weighted by atomic mass is 10.1. The second-order valence-corrected chi connectivity index (χ2v) is 7.70. The molecule has 3 aromatic rings. The minimum Gasteiger partial charge on any atom is -0.352 e. The Hall–Kier alpha value is -3.35. The molecular weight excluding hydrogens is 378 g/mol. The van der Waals surface area contributed by atoms with E-state index in [9.17, 15) is 9.59 Å². The van der Waals surface area contributed by atoms with Crippen LogP contribution in [0.15, 0.2) is 53.3 Å². The van der Waals surface area contributed by atoms with Crippen LogP contribution in [-0.4, -0.2) is 34.7 Å². The first-order valence-electron chi connectivity index (χ1n) is 10.4. The number of hydrogen-bond acceptors (Lipinski definition) is 4. The van der Waals surface area contributed by atoms with E-state index in [1.54, 1.807) is 4.57 Å². The highest BCUT2D eigenvalue weighted by atomic mass is 16.2. The van der Waals surface area contributed by atoms with Crippen LogP contribution < -0.4 is 21.1 Å². The zero-order chi connectivity index (χ0) is 21.1. The number of fused-ring (bicyclic) bond motifs is 1. The molecule has 2 heterocycles. The van der Waals surface area contributed by atoms with E-state index in [0.29, 0.717) is 25.5 Å². The molecule has 0 saturated carbocycles. The summed E-state index contributed by atoms with van der Waals surface area (Å²) in [6, 6.07) is 15.3. The van der Waals surface area contributed by atoms with Crippen LogP contribution >= 0.6 is 0 Å². The van der Waals surface area contributed by atoms with Crippen LogP contribution in [0.4, 0.5) is 16.3 Å². The topological polar surface area (TPSA) is 79.3 Å². The molecule has 0 atom stereocenters. The van der Waals surface area contributed by atoms with Gasteiger partial charge in [0, 0.05) is 31.4 Å². The number of hydrogen-bond donors (Lipinski definition) is 2. The third-order valence-corrected chi connectivity index (χ3v) is 5.59. The first-order valence-corrected chi connectivity index (χ1v) is 10.4. The smallest absolute Gasteiger partial charge is 0.319 e. The lowest BCUT2D eigenvalue weighted by Crippen LogP contribution is -2.47. The van der Waals surface area contributed by atoms with Crippen molar-refractivity contribution in [3.63, 3.8) is 0 Å². The number of nitrogens with one attached hydrogen (secondary N) is 2. The van der Waals surface area contributed by atoms with Crippen LogP contribution in [0.5, 0.6) is 0 Å². The third kappa shape index (κ3) is 4.15. The fraction of sp³-hybridized carbons (Fsp3) is 0.348. The molecule has 7 heteroatoms. The lowest BCUT2D eigenvalue weighted by molar-refractivity contribution is 0.246. The second kappa shape index (κ2) is 8.57. The van der Waals surface area contributed by atoms with E-state index >= 15 is 0 Å². The molecule has 4 rings (SSSR count). The Morgan fingerprint density at radius 2 is 1.80 bits per heavy atom. The molecule has 2 amide bonds. The predicted molar refractivity (Wildman–Crippen MR) is 120 cm³/mol. The maximum Gasteiger partial charge on any atom is 0.319 e. The molecule has 1 saturated heterocycles. The first kappa shape index (κ1) is 19.9. The molecule has 2 aromatic carbocycles. The van der Waals surface area contributed by atoms with Gasteiger partial charge in [-0.25, -0.2) is 9.78 Å². The SMILES string of the molecule is CCn1c(=O)c(N2CCC(NC(=O)Nc3ccc(C)cc3)CC2)nc2ccccc21. The van der Waals surface area contributed by atoms with Gasteiger partial charge in [0.2, 0.25) is 0 Å². The van der Waals surface area contributed by atoms with Crippen molar-refractivity contribution in [3.05, 3.63) is 64.4 Å². The molecule has 0 aliphatic carbocycles.